The van der Waals surface area contributed by atoms with Gasteiger partial charge in [-0.2, -0.15) is 0 Å². The molecule has 0 aliphatic rings. The van der Waals surface area contributed by atoms with E-state index >= 15 is 0 Å². The van der Waals surface area contributed by atoms with Crippen molar-refractivity contribution in [2.45, 2.75) is 32.1 Å². The summed E-state index contributed by atoms with van der Waals surface area (Å²) in [6.45, 7) is 2.28. The van der Waals surface area contributed by atoms with Gasteiger partial charge in [0.2, 0.25) is 0 Å². The molecular formula is C18H23Br2P. The lowest BCUT2D eigenvalue weighted by Gasteiger charge is -2.20. The molecule has 0 nitrogen and oxygen atoms in total. The van der Waals surface area contributed by atoms with Crippen LogP contribution in [0.15, 0.2) is 60.7 Å². The number of benzene rings is 2. The van der Waals surface area contributed by atoms with E-state index in [9.17, 15) is 0 Å². The highest BCUT2D eigenvalue weighted by Crippen LogP contribution is 2.71. The van der Waals surface area contributed by atoms with E-state index in [1.54, 1.807) is 0 Å². The van der Waals surface area contributed by atoms with Crippen LogP contribution in [0, 0.1) is 0 Å². The largest absolute Gasteiger partial charge is 1.00 e. The van der Waals surface area contributed by atoms with Crippen molar-refractivity contribution in [1.82, 2.24) is 0 Å². The Morgan fingerprint density at radius 2 is 1.24 bits per heavy atom. The molecule has 0 saturated heterocycles. The lowest BCUT2D eigenvalue weighted by atomic mass is 10.2. The van der Waals surface area contributed by atoms with Crippen molar-refractivity contribution < 1.29 is 17.0 Å². The Morgan fingerprint density at radius 3 is 1.62 bits per heavy atom. The average molecular weight is 430 g/mol. The van der Waals surface area contributed by atoms with Crippen LogP contribution in [0.1, 0.15) is 30.9 Å². The van der Waals surface area contributed by atoms with Crippen LogP contribution in [-0.4, -0.2) is 6.16 Å². The van der Waals surface area contributed by atoms with E-state index in [1.165, 1.54) is 42.5 Å². The van der Waals surface area contributed by atoms with Crippen molar-refractivity contribution in [1.29, 1.82) is 0 Å². The first kappa shape index (κ1) is 18.9. The van der Waals surface area contributed by atoms with E-state index in [1.807, 2.05) is 0 Å². The molecule has 0 saturated carbocycles. The molecule has 0 aliphatic carbocycles. The summed E-state index contributed by atoms with van der Waals surface area (Å²) in [6.07, 6.45) is 6.31. The number of rotatable bonds is 7. The van der Waals surface area contributed by atoms with Crippen LogP contribution < -0.4 is 17.0 Å². The van der Waals surface area contributed by atoms with Crippen LogP contribution >= 0.6 is 21.5 Å². The summed E-state index contributed by atoms with van der Waals surface area (Å²) >= 11 is 4.17. The van der Waals surface area contributed by atoms with Gasteiger partial charge in [0.25, 0.3) is 0 Å². The van der Waals surface area contributed by atoms with Crippen LogP contribution in [0.25, 0.3) is 0 Å². The number of hydrogen-bond acceptors (Lipinski definition) is 0. The van der Waals surface area contributed by atoms with Gasteiger partial charge in [-0.25, -0.2) is 0 Å². The maximum atomic E-state index is 4.17. The van der Waals surface area contributed by atoms with Gasteiger partial charge in [0, 0.05) is 0 Å². The summed E-state index contributed by atoms with van der Waals surface area (Å²) in [5.74, 6) is -1.12. The minimum atomic E-state index is -1.12. The smallest absolute Gasteiger partial charge is 0.139 e. The Kier molecular flexibility index (Phi) is 8.78. The lowest BCUT2D eigenvalue weighted by Crippen LogP contribution is -3.00. The van der Waals surface area contributed by atoms with Gasteiger partial charge in [-0.05, 0) is 17.5 Å². The average Bonchev–Trinajstić information content (AvgIpc) is 2.47. The van der Waals surface area contributed by atoms with Crippen LogP contribution in [0.3, 0.4) is 0 Å². The van der Waals surface area contributed by atoms with Crippen molar-refractivity contribution in [3.05, 3.63) is 71.8 Å². The molecule has 0 aromatic heterocycles. The second kappa shape index (κ2) is 9.77. The lowest BCUT2D eigenvalue weighted by molar-refractivity contribution is -0.00000411. The molecule has 0 heterocycles. The van der Waals surface area contributed by atoms with E-state index in [0.717, 1.165) is 0 Å². The fourth-order valence-corrected chi connectivity index (χ4v) is 8.01. The molecule has 0 radical (unpaired) electrons. The van der Waals surface area contributed by atoms with Crippen molar-refractivity contribution >= 4 is 21.5 Å². The highest BCUT2D eigenvalue weighted by atomic mass is 79.9. The van der Waals surface area contributed by atoms with E-state index < -0.39 is 5.96 Å². The SMILES string of the molecule is CCCC[P+](Br)(Cc1ccccc1)Cc1ccccc1.[Br-]. The Morgan fingerprint density at radius 1 is 0.810 bits per heavy atom. The molecule has 0 unspecified atom stereocenters. The first-order valence-corrected chi connectivity index (χ1v) is 11.7. The second-order valence-corrected chi connectivity index (χ2v) is 13.0. The van der Waals surface area contributed by atoms with E-state index in [2.05, 4.69) is 83.1 Å². The van der Waals surface area contributed by atoms with Crippen LogP contribution in [0.2, 0.25) is 0 Å². The van der Waals surface area contributed by atoms with E-state index in [0.29, 0.717) is 0 Å². The normalized spacial score (nSPS) is 11.0. The second-order valence-electron chi connectivity index (χ2n) is 5.39. The van der Waals surface area contributed by atoms with E-state index in [4.69, 9.17) is 0 Å². The molecule has 0 N–H and O–H groups in total. The number of halogens is 2. The summed E-state index contributed by atoms with van der Waals surface area (Å²) in [5, 5.41) is 0. The van der Waals surface area contributed by atoms with Gasteiger partial charge < -0.3 is 17.0 Å². The molecule has 0 fully saturated rings. The van der Waals surface area contributed by atoms with Crippen molar-refractivity contribution in [3.63, 3.8) is 0 Å². The third-order valence-corrected chi connectivity index (χ3v) is 9.08. The third-order valence-electron chi connectivity index (χ3n) is 3.53. The molecule has 2 aromatic carbocycles. The fourth-order valence-electron chi connectivity index (χ4n) is 2.48. The van der Waals surface area contributed by atoms with Crippen LogP contribution in [0.5, 0.6) is 0 Å². The zero-order chi connectivity index (χ0) is 14.3. The third kappa shape index (κ3) is 6.63. The monoisotopic (exact) mass is 428 g/mol. The summed E-state index contributed by atoms with van der Waals surface area (Å²) < 4.78 is 0. The van der Waals surface area contributed by atoms with Gasteiger partial charge in [0.05, 0.1) is 24.5 Å². The molecule has 0 atom stereocenters. The number of unbranched alkanes of at least 4 members (excludes halogenated alkanes) is 1. The van der Waals surface area contributed by atoms with Gasteiger partial charge in [0.15, 0.2) is 0 Å². The summed E-state index contributed by atoms with van der Waals surface area (Å²) in [7, 11) is 0. The molecule has 114 valence electrons. The molecule has 21 heavy (non-hydrogen) atoms. The van der Waals surface area contributed by atoms with Gasteiger partial charge in [0.1, 0.15) is 15.5 Å². The zero-order valence-corrected chi connectivity index (χ0v) is 16.6. The van der Waals surface area contributed by atoms with Crippen LogP contribution in [-0.2, 0) is 12.3 Å². The summed E-state index contributed by atoms with van der Waals surface area (Å²) in [6, 6.07) is 21.8. The molecule has 0 aliphatic heterocycles. The predicted octanol–water partition coefficient (Wildman–Crippen LogP) is 3.52. The molecule has 0 amide bonds. The molecule has 0 spiro atoms. The zero-order valence-electron chi connectivity index (χ0n) is 12.5. The van der Waals surface area contributed by atoms with Crippen molar-refractivity contribution in [2.24, 2.45) is 0 Å². The fraction of sp³-hybridized carbons (Fsp3) is 0.333. The Bertz CT molecular complexity index is 458. The van der Waals surface area contributed by atoms with Crippen molar-refractivity contribution in [3.8, 4) is 0 Å². The maximum absolute atomic E-state index is 4.17. The van der Waals surface area contributed by atoms with Crippen molar-refractivity contribution in [2.75, 3.05) is 6.16 Å². The molecule has 3 heteroatoms. The quantitative estimate of drug-likeness (QED) is 0.590. The number of hydrogen-bond donors (Lipinski definition) is 0. The minimum absolute atomic E-state index is 0. The molecule has 2 aromatic rings. The maximum Gasteiger partial charge on any atom is 0.139 e. The highest BCUT2D eigenvalue weighted by Gasteiger charge is 2.35. The standard InChI is InChI=1S/C18H23BrP.BrH/c1-2-3-14-20(19,15-17-10-6-4-7-11-17)16-18-12-8-5-9-13-18;/h4-13H,2-3,14-16H2,1H3;1H/q+1;/p-1. The molecule has 2 rings (SSSR count). The Labute approximate surface area is 148 Å². The summed E-state index contributed by atoms with van der Waals surface area (Å²) in [5.41, 5.74) is 2.93. The first-order chi connectivity index (χ1) is 9.72. The predicted molar refractivity (Wildman–Crippen MR) is 95.9 cm³/mol. The highest BCUT2D eigenvalue weighted by molar-refractivity contribution is 9.42. The minimum Gasteiger partial charge on any atom is -1.00 e. The first-order valence-electron chi connectivity index (χ1n) is 7.35. The van der Waals surface area contributed by atoms with Gasteiger partial charge in [-0.15, -0.1) is 0 Å². The summed E-state index contributed by atoms with van der Waals surface area (Å²) in [4.78, 5) is 0. The van der Waals surface area contributed by atoms with Gasteiger partial charge >= 0.3 is 0 Å². The Balaban J connectivity index is 0.00000220. The molecule has 0 bridgehead atoms. The molecular weight excluding hydrogens is 407 g/mol. The van der Waals surface area contributed by atoms with Gasteiger partial charge in [-0.3, -0.25) is 0 Å². The Hall–Kier alpha value is -0.170. The van der Waals surface area contributed by atoms with Gasteiger partial charge in [-0.1, -0.05) is 74.0 Å². The van der Waals surface area contributed by atoms with E-state index in [-0.39, 0.29) is 17.0 Å². The topological polar surface area (TPSA) is 0 Å². The van der Waals surface area contributed by atoms with Crippen LogP contribution in [0.4, 0.5) is 0 Å².